The minimum atomic E-state index is 0.348. The summed E-state index contributed by atoms with van der Waals surface area (Å²) in [5.41, 5.74) is 7.17. The highest BCUT2D eigenvalue weighted by Crippen LogP contribution is 2.45. The van der Waals surface area contributed by atoms with Gasteiger partial charge in [0, 0.05) is 25.2 Å². The van der Waals surface area contributed by atoms with Crippen LogP contribution in [0.25, 0.3) is 0 Å². The number of nitrogens with two attached hydrogens (primary N) is 1. The van der Waals surface area contributed by atoms with Crippen molar-refractivity contribution in [2.75, 3.05) is 19.6 Å². The van der Waals surface area contributed by atoms with Gasteiger partial charge in [-0.25, -0.2) is 0 Å². The molecule has 3 fully saturated rings. The zero-order chi connectivity index (χ0) is 13.5. The molecule has 3 saturated carbocycles. The molecular formula is C17H32N2. The molecule has 0 aromatic heterocycles. The van der Waals surface area contributed by atoms with Gasteiger partial charge in [0.25, 0.3) is 0 Å². The first-order valence-corrected chi connectivity index (χ1v) is 8.48. The van der Waals surface area contributed by atoms with E-state index >= 15 is 0 Å². The Morgan fingerprint density at radius 2 is 1.37 bits per heavy atom. The second-order valence-corrected chi connectivity index (χ2v) is 8.38. The monoisotopic (exact) mass is 264 g/mol. The lowest BCUT2D eigenvalue weighted by Crippen LogP contribution is -2.57. The van der Waals surface area contributed by atoms with Gasteiger partial charge >= 0.3 is 0 Å². The summed E-state index contributed by atoms with van der Waals surface area (Å²) in [6.07, 6.45) is 11.2. The lowest BCUT2D eigenvalue weighted by atomic mass is 9.68. The molecule has 0 aliphatic heterocycles. The second kappa shape index (κ2) is 5.04. The summed E-state index contributed by atoms with van der Waals surface area (Å²) >= 11 is 0. The minimum Gasteiger partial charge on any atom is -0.329 e. The van der Waals surface area contributed by atoms with E-state index in [1.807, 2.05) is 0 Å². The first-order chi connectivity index (χ1) is 9.03. The Balaban J connectivity index is 1.68. The van der Waals surface area contributed by atoms with Crippen LogP contribution >= 0.6 is 0 Å². The van der Waals surface area contributed by atoms with Crippen LogP contribution in [0.5, 0.6) is 0 Å². The predicted octanol–water partition coefficient (Wildman–Crippen LogP) is 3.41. The lowest BCUT2D eigenvalue weighted by Gasteiger charge is -2.50. The fourth-order valence-corrected chi connectivity index (χ4v) is 3.73. The van der Waals surface area contributed by atoms with Crippen molar-refractivity contribution < 1.29 is 0 Å². The van der Waals surface area contributed by atoms with Crippen molar-refractivity contribution in [2.45, 2.75) is 70.8 Å². The van der Waals surface area contributed by atoms with Gasteiger partial charge in [0.15, 0.2) is 0 Å². The van der Waals surface area contributed by atoms with E-state index in [0.717, 1.165) is 18.4 Å². The van der Waals surface area contributed by atoms with Gasteiger partial charge in [-0.3, -0.25) is 4.90 Å². The zero-order valence-electron chi connectivity index (χ0n) is 13.0. The molecule has 0 radical (unpaired) electrons. The average Bonchev–Trinajstić information content (AvgIpc) is 3.24. The second-order valence-electron chi connectivity index (χ2n) is 8.38. The third-order valence-electron chi connectivity index (χ3n) is 5.94. The van der Waals surface area contributed by atoms with Crippen LogP contribution < -0.4 is 5.73 Å². The summed E-state index contributed by atoms with van der Waals surface area (Å²) in [5, 5.41) is 0. The molecule has 0 saturated heterocycles. The van der Waals surface area contributed by atoms with E-state index in [2.05, 4.69) is 18.7 Å². The Morgan fingerprint density at radius 1 is 0.895 bits per heavy atom. The molecule has 19 heavy (non-hydrogen) atoms. The highest BCUT2D eigenvalue weighted by atomic mass is 15.2. The lowest BCUT2D eigenvalue weighted by molar-refractivity contribution is 0.0163. The van der Waals surface area contributed by atoms with Gasteiger partial charge in [-0.2, -0.15) is 0 Å². The summed E-state index contributed by atoms with van der Waals surface area (Å²) in [7, 11) is 0. The average molecular weight is 264 g/mol. The molecule has 0 heterocycles. The van der Waals surface area contributed by atoms with Crippen molar-refractivity contribution in [3.8, 4) is 0 Å². The number of nitrogens with zero attached hydrogens (tertiary/aromatic N) is 1. The van der Waals surface area contributed by atoms with E-state index in [-0.39, 0.29) is 0 Å². The summed E-state index contributed by atoms with van der Waals surface area (Å²) in [5.74, 6) is 1.99. The van der Waals surface area contributed by atoms with Crippen LogP contribution in [0.4, 0.5) is 0 Å². The third kappa shape index (κ3) is 3.33. The number of rotatable bonds is 6. The maximum Gasteiger partial charge on any atom is 0.0332 e. The van der Waals surface area contributed by atoms with Gasteiger partial charge in [-0.15, -0.1) is 0 Å². The maximum absolute atomic E-state index is 6.28. The van der Waals surface area contributed by atoms with Gasteiger partial charge < -0.3 is 5.73 Å². The number of hydrogen-bond donors (Lipinski definition) is 1. The fourth-order valence-electron chi connectivity index (χ4n) is 3.73. The molecule has 0 bridgehead atoms. The molecule has 0 spiro atoms. The first-order valence-electron chi connectivity index (χ1n) is 8.48. The molecule has 0 unspecified atom stereocenters. The van der Waals surface area contributed by atoms with Crippen molar-refractivity contribution in [1.29, 1.82) is 0 Å². The van der Waals surface area contributed by atoms with Crippen LogP contribution in [0, 0.1) is 17.3 Å². The topological polar surface area (TPSA) is 29.3 Å². The van der Waals surface area contributed by atoms with Crippen LogP contribution in [0.3, 0.4) is 0 Å². The van der Waals surface area contributed by atoms with Crippen molar-refractivity contribution in [1.82, 2.24) is 4.90 Å². The van der Waals surface area contributed by atoms with Gasteiger partial charge in [0.05, 0.1) is 0 Å². The molecule has 3 rings (SSSR count). The van der Waals surface area contributed by atoms with Gasteiger partial charge in [-0.1, -0.05) is 13.8 Å². The van der Waals surface area contributed by atoms with E-state index < -0.39 is 0 Å². The van der Waals surface area contributed by atoms with Gasteiger partial charge in [-0.05, 0) is 68.6 Å². The van der Waals surface area contributed by atoms with Crippen LogP contribution in [-0.4, -0.2) is 30.1 Å². The molecule has 2 N–H and O–H groups in total. The third-order valence-corrected chi connectivity index (χ3v) is 5.94. The molecule has 3 aliphatic rings. The Kier molecular flexibility index (Phi) is 3.68. The molecule has 0 atom stereocenters. The van der Waals surface area contributed by atoms with E-state index in [1.54, 1.807) is 0 Å². The van der Waals surface area contributed by atoms with Crippen molar-refractivity contribution in [3.05, 3.63) is 0 Å². The Bertz CT molecular complexity index is 291. The maximum atomic E-state index is 6.28. The summed E-state index contributed by atoms with van der Waals surface area (Å²) < 4.78 is 0. The normalized spacial score (nSPS) is 29.7. The molecule has 2 nitrogen and oxygen atoms in total. The SMILES string of the molecule is CC1(C)CCC(CN)(N(CC2CC2)CC2CC2)CC1. The van der Waals surface area contributed by atoms with E-state index in [9.17, 15) is 0 Å². The van der Waals surface area contributed by atoms with Gasteiger partial charge in [0.2, 0.25) is 0 Å². The van der Waals surface area contributed by atoms with Crippen molar-refractivity contribution >= 4 is 0 Å². The van der Waals surface area contributed by atoms with E-state index in [0.29, 0.717) is 11.0 Å². The van der Waals surface area contributed by atoms with E-state index in [1.165, 1.54) is 64.5 Å². The molecule has 110 valence electrons. The predicted molar refractivity (Wildman–Crippen MR) is 81.1 cm³/mol. The highest BCUT2D eigenvalue weighted by Gasteiger charge is 2.44. The highest BCUT2D eigenvalue weighted by molar-refractivity contribution is 5.00. The first kappa shape index (κ1) is 13.9. The van der Waals surface area contributed by atoms with Crippen LogP contribution in [-0.2, 0) is 0 Å². The summed E-state index contributed by atoms with van der Waals surface area (Å²) in [4.78, 5) is 2.84. The van der Waals surface area contributed by atoms with Crippen LogP contribution in [0.2, 0.25) is 0 Å². The zero-order valence-corrected chi connectivity index (χ0v) is 13.0. The summed E-state index contributed by atoms with van der Waals surface area (Å²) in [6.45, 7) is 8.42. The fraction of sp³-hybridized carbons (Fsp3) is 1.00. The Labute approximate surface area is 119 Å². The quantitative estimate of drug-likeness (QED) is 0.796. The largest absolute Gasteiger partial charge is 0.329 e. The standard InChI is InChI=1S/C17H32N2/c1-16(2)7-9-17(13-18,10-8-16)19(11-14-3-4-14)12-15-5-6-15/h14-15H,3-13,18H2,1-2H3. The van der Waals surface area contributed by atoms with Crippen molar-refractivity contribution in [3.63, 3.8) is 0 Å². The molecule has 3 aliphatic carbocycles. The number of hydrogen-bond acceptors (Lipinski definition) is 2. The van der Waals surface area contributed by atoms with E-state index in [4.69, 9.17) is 5.73 Å². The Morgan fingerprint density at radius 3 is 1.74 bits per heavy atom. The molecule has 0 amide bonds. The summed E-state index contributed by atoms with van der Waals surface area (Å²) in [6, 6.07) is 0. The molecule has 0 aromatic carbocycles. The molecule has 2 heteroatoms. The minimum absolute atomic E-state index is 0.348. The molecule has 0 aromatic rings. The molecular weight excluding hydrogens is 232 g/mol. The smallest absolute Gasteiger partial charge is 0.0332 e. The van der Waals surface area contributed by atoms with Crippen LogP contribution in [0.1, 0.15) is 65.2 Å². The Hall–Kier alpha value is -0.0800. The van der Waals surface area contributed by atoms with Crippen LogP contribution in [0.15, 0.2) is 0 Å². The van der Waals surface area contributed by atoms with Crippen molar-refractivity contribution in [2.24, 2.45) is 23.0 Å². The van der Waals surface area contributed by atoms with Gasteiger partial charge in [0.1, 0.15) is 0 Å².